The Morgan fingerprint density at radius 1 is 1.17 bits per heavy atom. The summed E-state index contributed by atoms with van der Waals surface area (Å²) >= 11 is 8.02. The van der Waals surface area contributed by atoms with Crippen molar-refractivity contribution in [3.63, 3.8) is 0 Å². The minimum atomic E-state index is 0.799. The number of thiophene rings is 1. The van der Waals surface area contributed by atoms with Crippen LogP contribution in [0.3, 0.4) is 0 Å². The van der Waals surface area contributed by atoms with Crippen molar-refractivity contribution in [3.8, 4) is 0 Å². The average Bonchev–Trinajstić information content (AvgIpc) is 2.89. The van der Waals surface area contributed by atoms with Gasteiger partial charge in [0.15, 0.2) is 0 Å². The van der Waals surface area contributed by atoms with Gasteiger partial charge in [0, 0.05) is 22.9 Å². The van der Waals surface area contributed by atoms with Gasteiger partial charge in [0.05, 0.1) is 5.39 Å². The van der Waals surface area contributed by atoms with Gasteiger partial charge in [-0.05, 0) is 43.5 Å². The SMILES string of the molecule is CCc1nc(NCCc2ccc(C)cc2Cl)c2cc(C)sc2n1. The number of halogens is 1. The van der Waals surface area contributed by atoms with Crippen molar-refractivity contribution in [2.24, 2.45) is 0 Å². The molecule has 0 aliphatic rings. The maximum absolute atomic E-state index is 6.31. The fraction of sp³-hybridized carbons (Fsp3) is 0.333. The molecule has 0 aliphatic heterocycles. The lowest BCUT2D eigenvalue weighted by Gasteiger charge is -2.09. The topological polar surface area (TPSA) is 37.8 Å². The molecule has 5 heteroatoms. The van der Waals surface area contributed by atoms with E-state index in [0.29, 0.717) is 0 Å². The summed E-state index contributed by atoms with van der Waals surface area (Å²) in [6, 6.07) is 8.36. The Labute approximate surface area is 145 Å². The second kappa shape index (κ2) is 6.85. The van der Waals surface area contributed by atoms with Crippen molar-refractivity contribution in [1.29, 1.82) is 0 Å². The quantitative estimate of drug-likeness (QED) is 0.692. The Balaban J connectivity index is 1.78. The normalized spacial score (nSPS) is 11.1. The molecule has 0 bridgehead atoms. The van der Waals surface area contributed by atoms with Gasteiger partial charge < -0.3 is 5.32 Å². The van der Waals surface area contributed by atoms with E-state index in [-0.39, 0.29) is 0 Å². The lowest BCUT2D eigenvalue weighted by atomic mass is 10.1. The molecule has 0 fully saturated rings. The first-order chi connectivity index (χ1) is 11.1. The summed E-state index contributed by atoms with van der Waals surface area (Å²) in [5, 5.41) is 5.41. The van der Waals surface area contributed by atoms with E-state index in [1.165, 1.54) is 10.4 Å². The molecule has 0 spiro atoms. The van der Waals surface area contributed by atoms with Gasteiger partial charge in [-0.2, -0.15) is 0 Å². The number of nitrogens with zero attached hydrogens (tertiary/aromatic N) is 2. The third-order valence-corrected chi connectivity index (χ3v) is 5.07. The van der Waals surface area contributed by atoms with Crippen molar-refractivity contribution in [1.82, 2.24) is 9.97 Å². The molecule has 2 heterocycles. The van der Waals surface area contributed by atoms with Gasteiger partial charge in [-0.1, -0.05) is 30.7 Å². The zero-order valence-corrected chi connectivity index (χ0v) is 15.2. The molecule has 0 atom stereocenters. The molecule has 1 aromatic carbocycles. The maximum Gasteiger partial charge on any atom is 0.138 e. The second-order valence-corrected chi connectivity index (χ2v) is 7.33. The number of aryl methyl sites for hydroxylation is 3. The number of rotatable bonds is 5. The Morgan fingerprint density at radius 3 is 2.74 bits per heavy atom. The van der Waals surface area contributed by atoms with Gasteiger partial charge >= 0.3 is 0 Å². The van der Waals surface area contributed by atoms with Crippen LogP contribution in [0.1, 0.15) is 28.8 Å². The molecule has 3 nitrogen and oxygen atoms in total. The van der Waals surface area contributed by atoms with E-state index in [0.717, 1.165) is 51.8 Å². The third-order valence-electron chi connectivity index (χ3n) is 3.77. The third kappa shape index (κ3) is 3.65. The predicted molar refractivity (Wildman–Crippen MR) is 99.9 cm³/mol. The zero-order valence-electron chi connectivity index (χ0n) is 13.6. The number of hydrogen-bond donors (Lipinski definition) is 1. The summed E-state index contributed by atoms with van der Waals surface area (Å²) in [6.45, 7) is 7.04. The van der Waals surface area contributed by atoms with E-state index in [1.54, 1.807) is 11.3 Å². The number of fused-ring (bicyclic) bond motifs is 1. The highest BCUT2D eigenvalue weighted by Gasteiger charge is 2.10. The van der Waals surface area contributed by atoms with Crippen molar-refractivity contribution in [2.75, 3.05) is 11.9 Å². The summed E-state index contributed by atoms with van der Waals surface area (Å²) in [5.74, 6) is 1.81. The maximum atomic E-state index is 6.31. The van der Waals surface area contributed by atoms with E-state index in [1.807, 2.05) is 6.07 Å². The Morgan fingerprint density at radius 2 is 2.00 bits per heavy atom. The number of anilines is 1. The summed E-state index contributed by atoms with van der Waals surface area (Å²) in [6.07, 6.45) is 1.71. The predicted octanol–water partition coefficient (Wildman–Crippen LogP) is 5.18. The molecule has 3 rings (SSSR count). The first kappa shape index (κ1) is 16.2. The van der Waals surface area contributed by atoms with Gasteiger partial charge in [0.2, 0.25) is 0 Å². The highest BCUT2D eigenvalue weighted by atomic mass is 35.5. The molecular formula is C18H20ClN3S. The van der Waals surface area contributed by atoms with Crippen LogP contribution >= 0.6 is 22.9 Å². The monoisotopic (exact) mass is 345 g/mol. The lowest BCUT2D eigenvalue weighted by Crippen LogP contribution is -2.08. The Bertz CT molecular complexity index is 842. The fourth-order valence-electron chi connectivity index (χ4n) is 2.55. The van der Waals surface area contributed by atoms with Crippen molar-refractivity contribution in [2.45, 2.75) is 33.6 Å². The fourth-order valence-corrected chi connectivity index (χ4v) is 3.78. The van der Waals surface area contributed by atoms with Crippen molar-refractivity contribution in [3.05, 3.63) is 51.1 Å². The smallest absolute Gasteiger partial charge is 0.138 e. The largest absolute Gasteiger partial charge is 0.369 e. The summed E-state index contributed by atoms with van der Waals surface area (Å²) < 4.78 is 0. The minimum absolute atomic E-state index is 0.799. The van der Waals surface area contributed by atoms with Crippen molar-refractivity contribution < 1.29 is 0 Å². The summed E-state index contributed by atoms with van der Waals surface area (Å²) in [5.41, 5.74) is 2.35. The molecule has 0 saturated heterocycles. The van der Waals surface area contributed by atoms with E-state index < -0.39 is 0 Å². The molecule has 0 aliphatic carbocycles. The number of nitrogens with one attached hydrogen (secondary N) is 1. The van der Waals surface area contributed by atoms with Crippen LogP contribution in [0.2, 0.25) is 5.02 Å². The van der Waals surface area contributed by atoms with Crippen LogP contribution in [-0.4, -0.2) is 16.5 Å². The summed E-state index contributed by atoms with van der Waals surface area (Å²) in [7, 11) is 0. The lowest BCUT2D eigenvalue weighted by molar-refractivity contribution is 0.946. The van der Waals surface area contributed by atoms with Crippen LogP contribution in [0.4, 0.5) is 5.82 Å². The van der Waals surface area contributed by atoms with Crippen LogP contribution in [0.15, 0.2) is 24.3 Å². The second-order valence-electron chi connectivity index (χ2n) is 5.69. The van der Waals surface area contributed by atoms with Crippen LogP contribution < -0.4 is 5.32 Å². The molecule has 0 saturated carbocycles. The van der Waals surface area contributed by atoms with E-state index in [4.69, 9.17) is 11.6 Å². The first-order valence-corrected chi connectivity index (χ1v) is 9.02. The molecule has 0 unspecified atom stereocenters. The molecule has 23 heavy (non-hydrogen) atoms. The highest BCUT2D eigenvalue weighted by molar-refractivity contribution is 7.18. The Hall–Kier alpha value is -1.65. The van der Waals surface area contributed by atoms with Crippen molar-refractivity contribution >= 4 is 39.0 Å². The summed E-state index contributed by atoms with van der Waals surface area (Å²) in [4.78, 5) is 11.6. The highest BCUT2D eigenvalue weighted by Crippen LogP contribution is 2.28. The van der Waals surface area contributed by atoms with Crippen LogP contribution in [0.5, 0.6) is 0 Å². The number of hydrogen-bond acceptors (Lipinski definition) is 4. The standard InChI is InChI=1S/C18H20ClN3S/c1-4-16-21-17(14-10-12(3)23-18(14)22-16)20-8-7-13-6-5-11(2)9-15(13)19/h5-6,9-10H,4,7-8H2,1-3H3,(H,20,21,22). The Kier molecular flexibility index (Phi) is 4.83. The average molecular weight is 346 g/mol. The van der Waals surface area contributed by atoms with Gasteiger partial charge in [-0.25, -0.2) is 9.97 Å². The van der Waals surface area contributed by atoms with E-state index in [9.17, 15) is 0 Å². The van der Waals surface area contributed by atoms with Gasteiger partial charge in [0.1, 0.15) is 16.5 Å². The molecule has 3 aromatic rings. The zero-order chi connectivity index (χ0) is 16.4. The minimum Gasteiger partial charge on any atom is -0.369 e. The van der Waals surface area contributed by atoms with Gasteiger partial charge in [-0.3, -0.25) is 0 Å². The molecule has 2 aromatic heterocycles. The molecule has 0 amide bonds. The molecule has 0 radical (unpaired) electrons. The molecule has 1 N–H and O–H groups in total. The van der Waals surface area contributed by atoms with E-state index in [2.05, 4.69) is 54.3 Å². The van der Waals surface area contributed by atoms with Crippen LogP contribution in [-0.2, 0) is 12.8 Å². The first-order valence-electron chi connectivity index (χ1n) is 7.82. The number of aromatic nitrogens is 2. The van der Waals surface area contributed by atoms with Gasteiger partial charge in [-0.15, -0.1) is 11.3 Å². The van der Waals surface area contributed by atoms with Gasteiger partial charge in [0.25, 0.3) is 0 Å². The number of benzene rings is 1. The molecule has 120 valence electrons. The molecular weight excluding hydrogens is 326 g/mol. The van der Waals surface area contributed by atoms with E-state index >= 15 is 0 Å². The van der Waals surface area contributed by atoms with Crippen LogP contribution in [0, 0.1) is 13.8 Å². The van der Waals surface area contributed by atoms with Crippen LogP contribution in [0.25, 0.3) is 10.2 Å².